The molecular weight excluding hydrogens is 296 g/mol. The number of carbonyl (C=O) groups is 1. The Morgan fingerprint density at radius 1 is 1.14 bits per heavy atom. The van der Waals surface area contributed by atoms with E-state index in [1.807, 2.05) is 0 Å². The first kappa shape index (κ1) is 15.0. The van der Waals surface area contributed by atoms with Gasteiger partial charge in [0.05, 0.1) is 4.92 Å². The Hall–Kier alpha value is -2.44. The highest BCUT2D eigenvalue weighted by Gasteiger charge is 2.17. The van der Waals surface area contributed by atoms with E-state index in [1.165, 1.54) is 36.4 Å². The molecule has 2 N–H and O–H groups in total. The molecule has 0 aliphatic rings. The summed E-state index contributed by atoms with van der Waals surface area (Å²) < 4.78 is 0. The van der Waals surface area contributed by atoms with E-state index in [0.29, 0.717) is 16.3 Å². The molecule has 0 aliphatic heterocycles. The van der Waals surface area contributed by atoms with Crippen LogP contribution in [0.5, 0.6) is 0 Å². The molecule has 0 saturated carbocycles. The molecule has 108 valence electrons. The number of hydrogen-bond acceptors (Lipinski definition) is 5. The first-order chi connectivity index (χ1) is 9.97. The fourth-order valence-electron chi connectivity index (χ4n) is 1.67. The molecule has 2 rings (SSSR count). The topological polar surface area (TPSA) is 92.5 Å². The number of hydrogen-bond donors (Lipinski definition) is 2. The minimum atomic E-state index is -1.45. The zero-order valence-corrected chi connectivity index (χ0v) is 11.4. The second-order valence-electron chi connectivity index (χ2n) is 4.22. The summed E-state index contributed by atoms with van der Waals surface area (Å²) in [4.78, 5) is 22.0. The summed E-state index contributed by atoms with van der Waals surface area (Å²) in [7, 11) is 0. The van der Waals surface area contributed by atoms with Crippen molar-refractivity contribution in [1.29, 1.82) is 0 Å². The van der Waals surface area contributed by atoms with Gasteiger partial charge in [0, 0.05) is 28.4 Å². The van der Waals surface area contributed by atoms with Crippen molar-refractivity contribution in [3.05, 3.63) is 69.2 Å². The predicted molar refractivity (Wildman–Crippen MR) is 78.5 cm³/mol. The van der Waals surface area contributed by atoms with Gasteiger partial charge in [0.2, 0.25) is 5.78 Å². The highest BCUT2D eigenvalue weighted by Crippen LogP contribution is 2.17. The number of halogens is 1. The fourth-order valence-corrected chi connectivity index (χ4v) is 1.80. The third-order valence-corrected chi connectivity index (χ3v) is 3.01. The molecule has 2 aromatic carbocycles. The van der Waals surface area contributed by atoms with Crippen LogP contribution in [0.3, 0.4) is 0 Å². The molecule has 2 aromatic rings. The number of aliphatic hydroxyl groups is 1. The van der Waals surface area contributed by atoms with Crippen molar-refractivity contribution in [1.82, 2.24) is 0 Å². The molecule has 0 bridgehead atoms. The summed E-state index contributed by atoms with van der Waals surface area (Å²) in [5.41, 5.74) is 0.635. The van der Waals surface area contributed by atoms with Crippen LogP contribution in [0.4, 0.5) is 11.4 Å². The number of ketones is 1. The van der Waals surface area contributed by atoms with Gasteiger partial charge in [-0.05, 0) is 36.4 Å². The molecule has 0 heterocycles. The molecule has 6 nitrogen and oxygen atoms in total. The Morgan fingerprint density at radius 3 is 2.24 bits per heavy atom. The smallest absolute Gasteiger partial charge is 0.269 e. The highest BCUT2D eigenvalue weighted by molar-refractivity contribution is 6.30. The van der Waals surface area contributed by atoms with Crippen molar-refractivity contribution < 1.29 is 14.8 Å². The molecule has 7 heteroatoms. The van der Waals surface area contributed by atoms with Crippen molar-refractivity contribution in [2.24, 2.45) is 0 Å². The number of anilines is 1. The molecule has 0 amide bonds. The number of non-ortho nitro benzene ring substituents is 1. The van der Waals surface area contributed by atoms with Crippen LogP contribution < -0.4 is 5.32 Å². The number of rotatable bonds is 5. The van der Waals surface area contributed by atoms with E-state index in [-0.39, 0.29) is 5.69 Å². The maximum atomic E-state index is 12.0. The van der Waals surface area contributed by atoms with E-state index in [4.69, 9.17) is 11.6 Å². The molecular formula is C14H11ClN2O4. The Labute approximate surface area is 125 Å². The molecule has 0 aliphatic carbocycles. The summed E-state index contributed by atoms with van der Waals surface area (Å²) in [6.07, 6.45) is -1.45. The number of nitro groups is 1. The van der Waals surface area contributed by atoms with E-state index >= 15 is 0 Å². The standard InChI is InChI=1S/C14H11ClN2O4/c15-10-3-1-9(2-4-10)13(18)14(19)16-11-5-7-12(8-6-11)17(20)21/h1-8,14,16,19H. The summed E-state index contributed by atoms with van der Waals surface area (Å²) in [5, 5.41) is 23.4. The maximum Gasteiger partial charge on any atom is 0.269 e. The summed E-state index contributed by atoms with van der Waals surface area (Å²) in [6.45, 7) is 0. The molecule has 1 unspecified atom stereocenters. The average Bonchev–Trinajstić information content (AvgIpc) is 2.47. The van der Waals surface area contributed by atoms with E-state index in [9.17, 15) is 20.0 Å². The molecule has 21 heavy (non-hydrogen) atoms. The van der Waals surface area contributed by atoms with Crippen LogP contribution >= 0.6 is 11.6 Å². The molecule has 0 aromatic heterocycles. The summed E-state index contributed by atoms with van der Waals surface area (Å²) in [5.74, 6) is -0.523. The molecule has 1 atom stereocenters. The molecule has 0 fully saturated rings. The van der Waals surface area contributed by atoms with Crippen molar-refractivity contribution in [2.45, 2.75) is 6.23 Å². The maximum absolute atomic E-state index is 12.0. The lowest BCUT2D eigenvalue weighted by molar-refractivity contribution is -0.384. The van der Waals surface area contributed by atoms with Crippen molar-refractivity contribution in [3.8, 4) is 0 Å². The Balaban J connectivity index is 2.06. The van der Waals surface area contributed by atoms with Crippen LogP contribution in [-0.2, 0) is 0 Å². The number of carbonyl (C=O) groups excluding carboxylic acids is 1. The second-order valence-corrected chi connectivity index (χ2v) is 4.66. The van der Waals surface area contributed by atoms with Gasteiger partial charge in [-0.2, -0.15) is 0 Å². The molecule has 0 radical (unpaired) electrons. The van der Waals surface area contributed by atoms with Gasteiger partial charge in [-0.15, -0.1) is 0 Å². The first-order valence-electron chi connectivity index (χ1n) is 5.96. The number of aliphatic hydroxyl groups excluding tert-OH is 1. The minimum absolute atomic E-state index is 0.0703. The van der Waals surface area contributed by atoms with E-state index in [1.54, 1.807) is 12.1 Å². The van der Waals surface area contributed by atoms with Gasteiger partial charge in [0.1, 0.15) is 0 Å². The van der Waals surface area contributed by atoms with Gasteiger partial charge in [-0.1, -0.05) is 11.6 Å². The number of nitrogens with zero attached hydrogens (tertiary/aromatic N) is 1. The molecule has 0 saturated heterocycles. The normalized spacial score (nSPS) is 11.7. The quantitative estimate of drug-likeness (QED) is 0.383. The number of Topliss-reactive ketones (excluding diaryl/α,β-unsaturated/α-hetero) is 1. The zero-order chi connectivity index (χ0) is 15.4. The average molecular weight is 307 g/mol. The monoisotopic (exact) mass is 306 g/mol. The second kappa shape index (κ2) is 6.34. The van der Waals surface area contributed by atoms with E-state index < -0.39 is 16.9 Å². The van der Waals surface area contributed by atoms with Crippen LogP contribution in [0.1, 0.15) is 10.4 Å². The molecule has 0 spiro atoms. The minimum Gasteiger partial charge on any atom is -0.367 e. The van der Waals surface area contributed by atoms with Crippen LogP contribution in [0, 0.1) is 10.1 Å². The lowest BCUT2D eigenvalue weighted by Crippen LogP contribution is -2.29. The zero-order valence-electron chi connectivity index (χ0n) is 10.7. The van der Waals surface area contributed by atoms with Crippen molar-refractivity contribution >= 4 is 28.8 Å². The number of nitro benzene ring substituents is 1. The third kappa shape index (κ3) is 3.77. The van der Waals surface area contributed by atoms with Crippen LogP contribution in [0.15, 0.2) is 48.5 Å². The Kier molecular flexibility index (Phi) is 4.52. The lowest BCUT2D eigenvalue weighted by Gasteiger charge is -2.13. The Morgan fingerprint density at radius 2 is 1.71 bits per heavy atom. The van der Waals surface area contributed by atoms with E-state index in [0.717, 1.165) is 0 Å². The van der Waals surface area contributed by atoms with Gasteiger partial charge in [-0.25, -0.2) is 0 Å². The van der Waals surface area contributed by atoms with Gasteiger partial charge in [-0.3, -0.25) is 14.9 Å². The largest absolute Gasteiger partial charge is 0.367 e. The summed E-state index contributed by atoms with van der Waals surface area (Å²) in [6, 6.07) is 11.5. The van der Waals surface area contributed by atoms with Gasteiger partial charge >= 0.3 is 0 Å². The SMILES string of the molecule is O=C(c1ccc(Cl)cc1)C(O)Nc1ccc([N+](=O)[O-])cc1. The van der Waals surface area contributed by atoms with Gasteiger partial charge in [0.15, 0.2) is 6.23 Å². The number of nitrogens with one attached hydrogen (secondary N) is 1. The first-order valence-corrected chi connectivity index (χ1v) is 6.34. The van der Waals surface area contributed by atoms with Crippen molar-refractivity contribution in [3.63, 3.8) is 0 Å². The van der Waals surface area contributed by atoms with Gasteiger partial charge < -0.3 is 10.4 Å². The highest BCUT2D eigenvalue weighted by atomic mass is 35.5. The van der Waals surface area contributed by atoms with Crippen LogP contribution in [-0.4, -0.2) is 22.0 Å². The van der Waals surface area contributed by atoms with E-state index in [2.05, 4.69) is 5.32 Å². The third-order valence-electron chi connectivity index (χ3n) is 2.76. The van der Waals surface area contributed by atoms with Crippen molar-refractivity contribution in [2.75, 3.05) is 5.32 Å². The lowest BCUT2D eigenvalue weighted by atomic mass is 10.1. The fraction of sp³-hybridized carbons (Fsp3) is 0.0714. The summed E-state index contributed by atoms with van der Waals surface area (Å²) >= 11 is 5.72. The van der Waals surface area contributed by atoms with Crippen LogP contribution in [0.2, 0.25) is 5.02 Å². The Bertz CT molecular complexity index is 656. The predicted octanol–water partition coefficient (Wildman–Crippen LogP) is 2.86. The number of benzene rings is 2. The van der Waals surface area contributed by atoms with Gasteiger partial charge in [0.25, 0.3) is 5.69 Å². The van der Waals surface area contributed by atoms with Crippen LogP contribution in [0.25, 0.3) is 0 Å².